The third kappa shape index (κ3) is 6.16. The Bertz CT molecular complexity index is 391. The standard InChI is InChI=1S/C18H30N2O/c1-3-10-19-11-9-17-5-7-18(8-6-17)15-20-12-4-13-21-16(2)14-20/h5-8,16,19H,3-4,9-15H2,1-2H3. The van der Waals surface area contributed by atoms with Crippen LogP contribution in [0.1, 0.15) is 37.8 Å². The van der Waals surface area contributed by atoms with Crippen LogP contribution >= 0.6 is 0 Å². The fraction of sp³-hybridized carbons (Fsp3) is 0.667. The zero-order valence-corrected chi connectivity index (χ0v) is 13.6. The maximum atomic E-state index is 5.71. The summed E-state index contributed by atoms with van der Waals surface area (Å²) in [7, 11) is 0. The van der Waals surface area contributed by atoms with Crippen molar-refractivity contribution < 1.29 is 4.74 Å². The van der Waals surface area contributed by atoms with E-state index in [4.69, 9.17) is 4.74 Å². The summed E-state index contributed by atoms with van der Waals surface area (Å²) >= 11 is 0. The van der Waals surface area contributed by atoms with Crippen LogP contribution in [0.5, 0.6) is 0 Å². The van der Waals surface area contributed by atoms with Gasteiger partial charge in [-0.3, -0.25) is 4.90 Å². The lowest BCUT2D eigenvalue weighted by atomic mass is 10.1. The Morgan fingerprint density at radius 2 is 1.95 bits per heavy atom. The van der Waals surface area contributed by atoms with Crippen molar-refractivity contribution in [1.29, 1.82) is 0 Å². The van der Waals surface area contributed by atoms with Crippen LogP contribution in [0.3, 0.4) is 0 Å². The first-order chi connectivity index (χ1) is 10.3. The minimum Gasteiger partial charge on any atom is -0.377 e. The fourth-order valence-electron chi connectivity index (χ4n) is 2.83. The lowest BCUT2D eigenvalue weighted by Crippen LogP contribution is -2.29. The molecule has 1 saturated heterocycles. The molecule has 1 aromatic carbocycles. The van der Waals surface area contributed by atoms with Crippen LogP contribution < -0.4 is 5.32 Å². The molecular formula is C18H30N2O. The van der Waals surface area contributed by atoms with Gasteiger partial charge in [-0.25, -0.2) is 0 Å². The molecule has 0 saturated carbocycles. The molecule has 0 aromatic heterocycles. The molecule has 1 unspecified atom stereocenters. The Balaban J connectivity index is 1.78. The fourth-order valence-corrected chi connectivity index (χ4v) is 2.83. The van der Waals surface area contributed by atoms with Gasteiger partial charge in [0.25, 0.3) is 0 Å². The summed E-state index contributed by atoms with van der Waals surface area (Å²) in [6, 6.07) is 9.12. The molecule has 21 heavy (non-hydrogen) atoms. The number of rotatable bonds is 7. The molecule has 0 bridgehead atoms. The Morgan fingerprint density at radius 1 is 1.19 bits per heavy atom. The van der Waals surface area contributed by atoms with Gasteiger partial charge in [-0.1, -0.05) is 31.2 Å². The highest BCUT2D eigenvalue weighted by molar-refractivity contribution is 5.22. The second kappa shape index (κ2) is 9.19. The van der Waals surface area contributed by atoms with E-state index < -0.39 is 0 Å². The van der Waals surface area contributed by atoms with Crippen molar-refractivity contribution in [2.45, 2.75) is 45.8 Å². The smallest absolute Gasteiger partial charge is 0.0674 e. The predicted octanol–water partition coefficient (Wildman–Crippen LogP) is 2.84. The first-order valence-corrected chi connectivity index (χ1v) is 8.40. The SMILES string of the molecule is CCCNCCc1ccc(CN2CCCOC(C)C2)cc1. The molecule has 1 fully saturated rings. The topological polar surface area (TPSA) is 24.5 Å². The Labute approximate surface area is 129 Å². The van der Waals surface area contributed by atoms with E-state index in [9.17, 15) is 0 Å². The number of nitrogens with zero attached hydrogens (tertiary/aromatic N) is 1. The lowest BCUT2D eigenvalue weighted by molar-refractivity contribution is 0.0668. The van der Waals surface area contributed by atoms with Crippen LogP contribution in [0, 0.1) is 0 Å². The monoisotopic (exact) mass is 290 g/mol. The third-order valence-electron chi connectivity index (χ3n) is 3.98. The zero-order chi connectivity index (χ0) is 14.9. The molecule has 118 valence electrons. The van der Waals surface area contributed by atoms with Gasteiger partial charge in [0.1, 0.15) is 0 Å². The highest BCUT2D eigenvalue weighted by atomic mass is 16.5. The summed E-state index contributed by atoms with van der Waals surface area (Å²) in [6.45, 7) is 10.7. The van der Waals surface area contributed by atoms with Crippen LogP contribution in [0.15, 0.2) is 24.3 Å². The second-order valence-electron chi connectivity index (χ2n) is 6.09. The number of hydrogen-bond donors (Lipinski definition) is 1. The molecule has 1 aliphatic rings. The Kier molecular flexibility index (Phi) is 7.20. The Hall–Kier alpha value is -0.900. The van der Waals surface area contributed by atoms with Gasteiger partial charge in [0.2, 0.25) is 0 Å². The highest BCUT2D eigenvalue weighted by Gasteiger charge is 2.14. The molecule has 1 N–H and O–H groups in total. The summed E-state index contributed by atoms with van der Waals surface area (Å²) in [5, 5.41) is 3.45. The van der Waals surface area contributed by atoms with Crippen molar-refractivity contribution >= 4 is 0 Å². The molecule has 0 amide bonds. The molecule has 1 heterocycles. The van der Waals surface area contributed by atoms with Crippen LogP contribution in [0.2, 0.25) is 0 Å². The van der Waals surface area contributed by atoms with E-state index in [1.54, 1.807) is 0 Å². The molecule has 1 aromatic rings. The zero-order valence-electron chi connectivity index (χ0n) is 13.6. The average Bonchev–Trinajstić information content (AvgIpc) is 2.69. The Morgan fingerprint density at radius 3 is 2.71 bits per heavy atom. The van der Waals surface area contributed by atoms with E-state index in [2.05, 4.69) is 48.3 Å². The maximum absolute atomic E-state index is 5.71. The van der Waals surface area contributed by atoms with E-state index in [1.807, 2.05) is 0 Å². The van der Waals surface area contributed by atoms with Gasteiger partial charge < -0.3 is 10.1 Å². The third-order valence-corrected chi connectivity index (χ3v) is 3.98. The molecule has 0 radical (unpaired) electrons. The van der Waals surface area contributed by atoms with Gasteiger partial charge in [0, 0.05) is 26.2 Å². The summed E-state index contributed by atoms with van der Waals surface area (Å²) < 4.78 is 5.71. The van der Waals surface area contributed by atoms with Crippen molar-refractivity contribution in [3.8, 4) is 0 Å². The second-order valence-corrected chi connectivity index (χ2v) is 6.09. The largest absolute Gasteiger partial charge is 0.377 e. The van der Waals surface area contributed by atoms with Gasteiger partial charge in [0.05, 0.1) is 6.10 Å². The molecule has 1 atom stereocenters. The van der Waals surface area contributed by atoms with Crippen molar-refractivity contribution in [2.24, 2.45) is 0 Å². The number of benzene rings is 1. The lowest BCUT2D eigenvalue weighted by Gasteiger charge is -2.21. The van der Waals surface area contributed by atoms with E-state index in [0.717, 1.165) is 52.2 Å². The first kappa shape index (κ1) is 16.5. The molecule has 2 rings (SSSR count). The average molecular weight is 290 g/mol. The van der Waals surface area contributed by atoms with Crippen molar-refractivity contribution in [3.63, 3.8) is 0 Å². The highest BCUT2D eigenvalue weighted by Crippen LogP contribution is 2.12. The van der Waals surface area contributed by atoms with Crippen molar-refractivity contribution in [2.75, 3.05) is 32.8 Å². The minimum atomic E-state index is 0.358. The summed E-state index contributed by atoms with van der Waals surface area (Å²) in [5.74, 6) is 0. The van der Waals surface area contributed by atoms with Gasteiger partial charge in [-0.2, -0.15) is 0 Å². The van der Waals surface area contributed by atoms with E-state index in [-0.39, 0.29) is 0 Å². The molecule has 3 nitrogen and oxygen atoms in total. The summed E-state index contributed by atoms with van der Waals surface area (Å²) in [5.41, 5.74) is 2.84. The predicted molar refractivity (Wildman–Crippen MR) is 88.6 cm³/mol. The van der Waals surface area contributed by atoms with Crippen LogP contribution in [0.25, 0.3) is 0 Å². The van der Waals surface area contributed by atoms with Crippen molar-refractivity contribution in [3.05, 3.63) is 35.4 Å². The summed E-state index contributed by atoms with van der Waals surface area (Å²) in [6.07, 6.45) is 3.83. The molecule has 3 heteroatoms. The van der Waals surface area contributed by atoms with E-state index in [0.29, 0.717) is 6.10 Å². The molecular weight excluding hydrogens is 260 g/mol. The maximum Gasteiger partial charge on any atom is 0.0674 e. The van der Waals surface area contributed by atoms with Gasteiger partial charge in [-0.15, -0.1) is 0 Å². The number of nitrogens with one attached hydrogen (secondary N) is 1. The number of ether oxygens (including phenoxy) is 1. The normalized spacial score (nSPS) is 20.4. The van der Waals surface area contributed by atoms with Crippen LogP contribution in [-0.4, -0.2) is 43.8 Å². The molecule has 0 aliphatic carbocycles. The molecule has 0 spiro atoms. The molecule has 1 aliphatic heterocycles. The quantitative estimate of drug-likeness (QED) is 0.782. The van der Waals surface area contributed by atoms with E-state index in [1.165, 1.54) is 17.5 Å². The van der Waals surface area contributed by atoms with Gasteiger partial charge in [-0.05, 0) is 50.4 Å². The van der Waals surface area contributed by atoms with Crippen LogP contribution in [0.4, 0.5) is 0 Å². The summed E-state index contributed by atoms with van der Waals surface area (Å²) in [4.78, 5) is 2.51. The van der Waals surface area contributed by atoms with Crippen molar-refractivity contribution in [1.82, 2.24) is 10.2 Å². The van der Waals surface area contributed by atoms with Gasteiger partial charge >= 0.3 is 0 Å². The minimum absolute atomic E-state index is 0.358. The van der Waals surface area contributed by atoms with Gasteiger partial charge in [0.15, 0.2) is 0 Å². The van der Waals surface area contributed by atoms with Crippen LogP contribution in [-0.2, 0) is 17.7 Å². The first-order valence-electron chi connectivity index (χ1n) is 8.40. The number of hydrogen-bond acceptors (Lipinski definition) is 3. The van der Waals surface area contributed by atoms with E-state index >= 15 is 0 Å².